The third-order valence-electron chi connectivity index (χ3n) is 1.83. The van der Waals surface area contributed by atoms with Crippen molar-refractivity contribution in [1.29, 1.82) is 0 Å². The van der Waals surface area contributed by atoms with Gasteiger partial charge in [0, 0.05) is 6.20 Å². The van der Waals surface area contributed by atoms with Gasteiger partial charge in [0.15, 0.2) is 11.0 Å². The lowest BCUT2D eigenvalue weighted by molar-refractivity contribution is 0.102. The van der Waals surface area contributed by atoms with Crippen molar-refractivity contribution >= 4 is 34.9 Å². The van der Waals surface area contributed by atoms with Crippen LogP contribution in [0.2, 0.25) is 10.2 Å². The fraction of sp³-hybridized carbons (Fsp3) is 0. The van der Waals surface area contributed by atoms with Gasteiger partial charge < -0.3 is 5.32 Å². The predicted octanol–water partition coefficient (Wildman–Crippen LogP) is 2.43. The second kappa shape index (κ2) is 5.07. The van der Waals surface area contributed by atoms with Crippen molar-refractivity contribution in [1.82, 2.24) is 15.2 Å². The summed E-state index contributed by atoms with van der Waals surface area (Å²) >= 11 is 11.2. The second-order valence-electron chi connectivity index (χ2n) is 3.06. The van der Waals surface area contributed by atoms with Gasteiger partial charge in [0.25, 0.3) is 5.91 Å². The van der Waals surface area contributed by atoms with Crippen LogP contribution < -0.4 is 5.32 Å². The molecule has 17 heavy (non-hydrogen) atoms. The van der Waals surface area contributed by atoms with E-state index in [0.717, 1.165) is 0 Å². The van der Waals surface area contributed by atoms with E-state index in [1.807, 2.05) is 0 Å². The van der Waals surface area contributed by atoms with Crippen LogP contribution in [0.15, 0.2) is 30.5 Å². The zero-order chi connectivity index (χ0) is 12.3. The summed E-state index contributed by atoms with van der Waals surface area (Å²) in [5.41, 5.74) is 0.242. The summed E-state index contributed by atoms with van der Waals surface area (Å²) < 4.78 is 0. The van der Waals surface area contributed by atoms with Crippen LogP contribution >= 0.6 is 23.2 Å². The van der Waals surface area contributed by atoms with Gasteiger partial charge in [0.05, 0.1) is 5.02 Å². The van der Waals surface area contributed by atoms with Crippen LogP contribution in [0.5, 0.6) is 0 Å². The summed E-state index contributed by atoms with van der Waals surface area (Å²) in [5.74, 6) is -0.0885. The van der Waals surface area contributed by atoms with Gasteiger partial charge in [-0.25, -0.2) is 4.98 Å². The van der Waals surface area contributed by atoms with Crippen molar-refractivity contribution in [3.63, 3.8) is 0 Å². The van der Waals surface area contributed by atoms with E-state index in [9.17, 15) is 4.79 Å². The molecule has 0 saturated heterocycles. The lowest BCUT2D eigenvalue weighted by Gasteiger charge is -2.02. The number of aromatic nitrogens is 3. The van der Waals surface area contributed by atoms with E-state index in [0.29, 0.717) is 10.8 Å². The van der Waals surface area contributed by atoms with Gasteiger partial charge in [0.2, 0.25) is 0 Å². The summed E-state index contributed by atoms with van der Waals surface area (Å²) in [6.45, 7) is 0. The number of carbonyl (C=O) groups is 1. The maximum Gasteiger partial charge on any atom is 0.275 e. The summed E-state index contributed by atoms with van der Waals surface area (Å²) in [5, 5.41) is 10.5. The Labute approximate surface area is 107 Å². The van der Waals surface area contributed by atoms with Gasteiger partial charge in [-0.1, -0.05) is 23.2 Å². The average Bonchev–Trinajstić information content (AvgIpc) is 2.33. The molecule has 0 spiro atoms. The SMILES string of the molecule is O=C(Nc1ccc(Cl)nn1)c1ccc(Cl)cn1. The number of hydrogen-bond acceptors (Lipinski definition) is 4. The van der Waals surface area contributed by atoms with Crippen molar-refractivity contribution in [2.45, 2.75) is 0 Å². The third-order valence-corrected chi connectivity index (χ3v) is 2.26. The van der Waals surface area contributed by atoms with E-state index in [-0.39, 0.29) is 10.8 Å². The molecule has 7 heteroatoms. The Bertz CT molecular complexity index is 527. The van der Waals surface area contributed by atoms with Gasteiger partial charge in [0.1, 0.15) is 5.69 Å². The summed E-state index contributed by atoms with van der Waals surface area (Å²) in [7, 11) is 0. The van der Waals surface area contributed by atoms with Gasteiger partial charge in [-0.05, 0) is 24.3 Å². The first-order valence-corrected chi connectivity index (χ1v) is 5.33. The smallest absolute Gasteiger partial charge is 0.275 e. The van der Waals surface area contributed by atoms with Crippen molar-refractivity contribution in [3.05, 3.63) is 46.3 Å². The van der Waals surface area contributed by atoms with E-state index in [4.69, 9.17) is 23.2 Å². The molecule has 0 fully saturated rings. The molecule has 1 N–H and O–H groups in total. The zero-order valence-electron chi connectivity index (χ0n) is 8.39. The zero-order valence-corrected chi connectivity index (χ0v) is 9.90. The lowest BCUT2D eigenvalue weighted by Crippen LogP contribution is -2.14. The molecule has 0 saturated carbocycles. The topological polar surface area (TPSA) is 67.8 Å². The highest BCUT2D eigenvalue weighted by molar-refractivity contribution is 6.30. The van der Waals surface area contributed by atoms with Gasteiger partial charge >= 0.3 is 0 Å². The normalized spacial score (nSPS) is 10.0. The molecular weight excluding hydrogens is 263 g/mol. The standard InChI is InChI=1S/C10H6Cl2N4O/c11-6-1-2-7(13-5-6)10(17)14-9-4-3-8(12)15-16-9/h1-5H,(H,14,16,17). The van der Waals surface area contributed by atoms with Crippen molar-refractivity contribution in [2.75, 3.05) is 5.32 Å². The fourth-order valence-electron chi connectivity index (χ4n) is 1.07. The van der Waals surface area contributed by atoms with Gasteiger partial charge in [-0.3, -0.25) is 4.79 Å². The highest BCUT2D eigenvalue weighted by Crippen LogP contribution is 2.09. The van der Waals surface area contributed by atoms with Crippen LogP contribution in [-0.4, -0.2) is 21.1 Å². The molecule has 86 valence electrons. The first kappa shape index (κ1) is 11.8. The number of carbonyl (C=O) groups excluding carboxylic acids is 1. The van der Waals surface area contributed by atoms with E-state index >= 15 is 0 Å². The largest absolute Gasteiger partial charge is 0.304 e. The minimum Gasteiger partial charge on any atom is -0.304 e. The highest BCUT2D eigenvalue weighted by Gasteiger charge is 2.08. The maximum atomic E-state index is 11.7. The first-order valence-electron chi connectivity index (χ1n) is 4.57. The predicted molar refractivity (Wildman–Crippen MR) is 64.2 cm³/mol. The number of amides is 1. The monoisotopic (exact) mass is 268 g/mol. The molecule has 1 amide bonds. The molecule has 0 bridgehead atoms. The van der Waals surface area contributed by atoms with Crippen LogP contribution in [0, 0.1) is 0 Å². The molecule has 0 atom stereocenters. The van der Waals surface area contributed by atoms with Gasteiger partial charge in [-0.2, -0.15) is 0 Å². The van der Waals surface area contributed by atoms with E-state index in [1.165, 1.54) is 18.3 Å². The molecule has 0 unspecified atom stereocenters. The maximum absolute atomic E-state index is 11.7. The summed E-state index contributed by atoms with van der Waals surface area (Å²) in [4.78, 5) is 15.6. The van der Waals surface area contributed by atoms with E-state index in [1.54, 1.807) is 12.1 Å². The van der Waals surface area contributed by atoms with E-state index in [2.05, 4.69) is 20.5 Å². The highest BCUT2D eigenvalue weighted by atomic mass is 35.5. The van der Waals surface area contributed by atoms with Gasteiger partial charge in [-0.15, -0.1) is 10.2 Å². The van der Waals surface area contributed by atoms with Crippen LogP contribution in [0.4, 0.5) is 5.82 Å². The Morgan fingerprint density at radius 3 is 2.53 bits per heavy atom. The first-order chi connectivity index (χ1) is 8.15. The fourth-order valence-corrected chi connectivity index (χ4v) is 1.29. The molecule has 2 aromatic rings. The molecule has 2 aromatic heterocycles. The second-order valence-corrected chi connectivity index (χ2v) is 3.88. The number of hydrogen-bond donors (Lipinski definition) is 1. The quantitative estimate of drug-likeness (QED) is 0.909. The number of anilines is 1. The molecule has 0 aliphatic rings. The Balaban J connectivity index is 2.11. The van der Waals surface area contributed by atoms with Crippen LogP contribution in [0.25, 0.3) is 0 Å². The molecule has 0 aromatic carbocycles. The summed E-state index contributed by atoms with van der Waals surface area (Å²) in [6.07, 6.45) is 1.39. The van der Waals surface area contributed by atoms with Crippen molar-refractivity contribution in [2.24, 2.45) is 0 Å². The molecular formula is C10H6Cl2N4O. The Morgan fingerprint density at radius 1 is 1.12 bits per heavy atom. The van der Waals surface area contributed by atoms with Crippen molar-refractivity contribution < 1.29 is 4.79 Å². The number of pyridine rings is 1. The summed E-state index contributed by atoms with van der Waals surface area (Å²) in [6, 6.07) is 6.17. The number of nitrogens with one attached hydrogen (secondary N) is 1. The molecule has 0 aliphatic carbocycles. The third kappa shape index (κ3) is 3.12. The lowest BCUT2D eigenvalue weighted by atomic mass is 10.3. The van der Waals surface area contributed by atoms with Crippen LogP contribution in [0.3, 0.4) is 0 Å². The van der Waals surface area contributed by atoms with Crippen molar-refractivity contribution in [3.8, 4) is 0 Å². The van der Waals surface area contributed by atoms with Crippen LogP contribution in [-0.2, 0) is 0 Å². The Morgan fingerprint density at radius 2 is 1.94 bits per heavy atom. The average molecular weight is 269 g/mol. The van der Waals surface area contributed by atoms with Crippen LogP contribution in [0.1, 0.15) is 10.5 Å². The molecule has 0 aliphatic heterocycles. The number of nitrogens with zero attached hydrogens (tertiary/aromatic N) is 3. The minimum atomic E-state index is -0.390. The Hall–Kier alpha value is -1.72. The number of halogens is 2. The minimum absolute atomic E-state index is 0.242. The number of rotatable bonds is 2. The molecule has 2 heterocycles. The Kier molecular flexibility index (Phi) is 3.51. The molecule has 5 nitrogen and oxygen atoms in total. The molecule has 2 rings (SSSR count). The van der Waals surface area contributed by atoms with E-state index < -0.39 is 5.91 Å². The molecule has 0 radical (unpaired) electrons.